The molecule has 1 N–H and O–H groups in total. The number of nitrogens with zero attached hydrogens (tertiary/aromatic N) is 2. The maximum absolute atomic E-state index is 13.2. The third kappa shape index (κ3) is 4.54. The fourth-order valence-electron chi connectivity index (χ4n) is 3.65. The van der Waals surface area contributed by atoms with E-state index in [1.165, 1.54) is 29.8 Å². The van der Waals surface area contributed by atoms with E-state index in [2.05, 4.69) is 21.2 Å². The number of piperidine rings is 1. The molecule has 0 aliphatic carbocycles. The van der Waals surface area contributed by atoms with Crippen LogP contribution in [0.25, 0.3) is 17.3 Å². The van der Waals surface area contributed by atoms with Gasteiger partial charge in [-0.2, -0.15) is 5.10 Å². The van der Waals surface area contributed by atoms with Gasteiger partial charge in [-0.15, -0.1) is 0 Å². The van der Waals surface area contributed by atoms with Crippen LogP contribution in [0.5, 0.6) is 0 Å². The Morgan fingerprint density at radius 3 is 2.25 bits per heavy atom. The van der Waals surface area contributed by atoms with Gasteiger partial charge in [-0.25, -0.2) is 8.78 Å². The zero-order chi connectivity index (χ0) is 19.3. The fourth-order valence-corrected chi connectivity index (χ4v) is 3.65. The third-order valence-electron chi connectivity index (χ3n) is 5.29. The lowest BCUT2D eigenvalue weighted by Gasteiger charge is -2.28. The Hall–Kier alpha value is -2.79. The van der Waals surface area contributed by atoms with E-state index in [0.717, 1.165) is 61.3 Å². The molecule has 0 spiro atoms. The second-order valence-electron chi connectivity index (χ2n) is 7.22. The van der Waals surface area contributed by atoms with Gasteiger partial charge in [0, 0.05) is 25.2 Å². The average molecular weight is 379 g/mol. The van der Waals surface area contributed by atoms with Crippen LogP contribution in [0, 0.1) is 11.6 Å². The summed E-state index contributed by atoms with van der Waals surface area (Å²) >= 11 is 0. The number of aromatic nitrogens is 2. The molecule has 1 aliphatic rings. The molecule has 1 fully saturated rings. The molecule has 2 heterocycles. The van der Waals surface area contributed by atoms with E-state index < -0.39 is 0 Å². The van der Waals surface area contributed by atoms with Crippen molar-refractivity contribution in [3.63, 3.8) is 0 Å². The van der Waals surface area contributed by atoms with Crippen LogP contribution in [-0.4, -0.2) is 34.7 Å². The van der Waals surface area contributed by atoms with Crippen molar-refractivity contribution >= 4 is 6.08 Å². The quantitative estimate of drug-likeness (QED) is 0.671. The molecule has 0 unspecified atom stereocenters. The molecule has 3 aromatic rings. The SMILES string of the molecule is Fc1ccc(C=C2CCN(CCc3cn[nH]c3-c3ccc(F)cc3)CC2)cc1. The third-order valence-corrected chi connectivity index (χ3v) is 5.29. The molecule has 0 amide bonds. The molecule has 0 saturated carbocycles. The number of rotatable bonds is 5. The maximum atomic E-state index is 13.2. The minimum Gasteiger partial charge on any atom is -0.302 e. The number of hydrogen-bond acceptors (Lipinski definition) is 2. The first-order valence-corrected chi connectivity index (χ1v) is 9.63. The number of nitrogens with one attached hydrogen (secondary N) is 1. The lowest BCUT2D eigenvalue weighted by Crippen LogP contribution is -2.32. The number of halogens is 2. The van der Waals surface area contributed by atoms with Gasteiger partial charge in [0.05, 0.1) is 11.9 Å². The van der Waals surface area contributed by atoms with Crippen LogP contribution in [0.1, 0.15) is 24.0 Å². The van der Waals surface area contributed by atoms with E-state index in [0.29, 0.717) is 0 Å². The molecular formula is C23H23F2N3. The van der Waals surface area contributed by atoms with Crippen molar-refractivity contribution in [2.75, 3.05) is 19.6 Å². The monoisotopic (exact) mass is 379 g/mol. The molecule has 0 bridgehead atoms. The molecule has 2 aromatic carbocycles. The first-order valence-electron chi connectivity index (χ1n) is 9.63. The summed E-state index contributed by atoms with van der Waals surface area (Å²) < 4.78 is 26.2. The van der Waals surface area contributed by atoms with Crippen molar-refractivity contribution in [3.8, 4) is 11.3 Å². The molecule has 4 rings (SSSR count). The van der Waals surface area contributed by atoms with Crippen LogP contribution in [0.3, 0.4) is 0 Å². The van der Waals surface area contributed by atoms with Gasteiger partial charge in [-0.05, 0) is 66.8 Å². The summed E-state index contributed by atoms with van der Waals surface area (Å²) in [7, 11) is 0. The van der Waals surface area contributed by atoms with Gasteiger partial charge in [0.1, 0.15) is 11.6 Å². The van der Waals surface area contributed by atoms with Gasteiger partial charge in [0.2, 0.25) is 0 Å². The summed E-state index contributed by atoms with van der Waals surface area (Å²) in [6.45, 7) is 3.02. The highest BCUT2D eigenvalue weighted by Crippen LogP contribution is 2.23. The van der Waals surface area contributed by atoms with E-state index >= 15 is 0 Å². The molecule has 1 aromatic heterocycles. The maximum Gasteiger partial charge on any atom is 0.123 e. The second kappa shape index (κ2) is 8.48. The highest BCUT2D eigenvalue weighted by molar-refractivity contribution is 5.62. The van der Waals surface area contributed by atoms with Gasteiger partial charge < -0.3 is 4.90 Å². The van der Waals surface area contributed by atoms with Crippen molar-refractivity contribution in [1.82, 2.24) is 15.1 Å². The van der Waals surface area contributed by atoms with Crippen LogP contribution in [-0.2, 0) is 6.42 Å². The predicted octanol–water partition coefficient (Wildman–Crippen LogP) is 5.08. The normalized spacial score (nSPS) is 15.0. The Kier molecular flexibility index (Phi) is 5.63. The largest absolute Gasteiger partial charge is 0.302 e. The number of aromatic amines is 1. The van der Waals surface area contributed by atoms with Crippen LogP contribution in [0.2, 0.25) is 0 Å². The van der Waals surface area contributed by atoms with Gasteiger partial charge in [0.25, 0.3) is 0 Å². The molecular weight excluding hydrogens is 356 g/mol. The fraction of sp³-hybridized carbons (Fsp3) is 0.261. The number of H-pyrrole nitrogens is 1. The van der Waals surface area contributed by atoms with E-state index in [9.17, 15) is 8.78 Å². The minimum absolute atomic E-state index is 0.198. The molecule has 1 aliphatic heterocycles. The van der Waals surface area contributed by atoms with Crippen LogP contribution in [0.15, 0.2) is 60.3 Å². The van der Waals surface area contributed by atoms with Crippen molar-refractivity contribution in [2.24, 2.45) is 0 Å². The molecule has 5 heteroatoms. The first kappa shape index (κ1) is 18.6. The molecule has 0 atom stereocenters. The van der Waals surface area contributed by atoms with Gasteiger partial charge in [-0.1, -0.05) is 23.8 Å². The zero-order valence-corrected chi connectivity index (χ0v) is 15.7. The van der Waals surface area contributed by atoms with Gasteiger partial charge in [0.15, 0.2) is 0 Å². The smallest absolute Gasteiger partial charge is 0.123 e. The number of benzene rings is 2. The van der Waals surface area contributed by atoms with Gasteiger partial charge in [-0.3, -0.25) is 5.10 Å². The summed E-state index contributed by atoms with van der Waals surface area (Å²) in [5.74, 6) is -0.432. The van der Waals surface area contributed by atoms with Crippen molar-refractivity contribution < 1.29 is 8.78 Å². The van der Waals surface area contributed by atoms with E-state index in [4.69, 9.17) is 0 Å². The summed E-state index contributed by atoms with van der Waals surface area (Å²) in [5, 5.41) is 7.22. The lowest BCUT2D eigenvalue weighted by molar-refractivity contribution is 0.260. The van der Waals surface area contributed by atoms with Crippen molar-refractivity contribution in [2.45, 2.75) is 19.3 Å². The summed E-state index contributed by atoms with van der Waals surface area (Å²) in [6, 6.07) is 13.2. The van der Waals surface area contributed by atoms with E-state index in [1.54, 1.807) is 12.1 Å². The molecule has 0 radical (unpaired) electrons. The molecule has 144 valence electrons. The lowest BCUT2D eigenvalue weighted by atomic mass is 10.00. The Morgan fingerprint density at radius 1 is 0.929 bits per heavy atom. The molecule has 3 nitrogen and oxygen atoms in total. The average Bonchev–Trinajstić information content (AvgIpc) is 3.18. The van der Waals surface area contributed by atoms with Crippen LogP contribution in [0.4, 0.5) is 8.78 Å². The van der Waals surface area contributed by atoms with Crippen molar-refractivity contribution in [3.05, 3.63) is 83.1 Å². The van der Waals surface area contributed by atoms with Gasteiger partial charge >= 0.3 is 0 Å². The summed E-state index contributed by atoms with van der Waals surface area (Å²) in [6.07, 6.45) is 7.02. The van der Waals surface area contributed by atoms with Crippen LogP contribution >= 0.6 is 0 Å². The summed E-state index contributed by atoms with van der Waals surface area (Å²) in [4.78, 5) is 2.46. The Bertz CT molecular complexity index is 933. The number of likely N-dealkylation sites (tertiary alicyclic amines) is 1. The summed E-state index contributed by atoms with van der Waals surface area (Å²) in [5.41, 5.74) is 5.55. The Morgan fingerprint density at radius 2 is 1.57 bits per heavy atom. The highest BCUT2D eigenvalue weighted by Gasteiger charge is 2.15. The standard InChI is InChI=1S/C23H23F2N3/c24-21-5-1-17(2-6-21)15-18-9-12-28(13-10-18)14-11-20-16-26-27-23(20)19-3-7-22(25)8-4-19/h1-8,15-16H,9-14H2,(H,26,27). The van der Waals surface area contributed by atoms with Crippen LogP contribution < -0.4 is 0 Å². The topological polar surface area (TPSA) is 31.9 Å². The van der Waals surface area contributed by atoms with E-state index in [-0.39, 0.29) is 11.6 Å². The molecule has 28 heavy (non-hydrogen) atoms. The van der Waals surface area contributed by atoms with E-state index in [1.807, 2.05) is 18.3 Å². The Balaban J connectivity index is 1.32. The first-order chi connectivity index (χ1) is 13.7. The Labute approximate surface area is 163 Å². The number of hydrogen-bond donors (Lipinski definition) is 1. The van der Waals surface area contributed by atoms with Crippen molar-refractivity contribution in [1.29, 1.82) is 0 Å². The zero-order valence-electron chi connectivity index (χ0n) is 15.7. The molecule has 1 saturated heterocycles. The minimum atomic E-state index is -0.234. The highest BCUT2D eigenvalue weighted by atomic mass is 19.1. The predicted molar refractivity (Wildman–Crippen MR) is 108 cm³/mol. The second-order valence-corrected chi connectivity index (χ2v) is 7.22.